The molecule has 9 aromatic carbocycles. The summed E-state index contributed by atoms with van der Waals surface area (Å²) in [5.41, 5.74) is 14.5. The van der Waals surface area contributed by atoms with E-state index in [1.165, 1.54) is 51.2 Å². The highest BCUT2D eigenvalue weighted by atomic mass is 32.2. The molecule has 0 saturated carbocycles. The quantitative estimate of drug-likeness (QED) is 0.0441. The van der Waals surface area contributed by atoms with Gasteiger partial charge in [-0.25, -0.2) is 38.7 Å². The van der Waals surface area contributed by atoms with Gasteiger partial charge in [-0.2, -0.15) is 5.10 Å². The minimum absolute atomic E-state index is 0.0257. The number of hydrogen-bond acceptors (Lipinski definition) is 15. The molecule has 8 atom stereocenters. The van der Waals surface area contributed by atoms with Gasteiger partial charge in [-0.05, 0) is 137 Å². The monoisotopic (exact) mass is 1810 g/mol. The molecule has 0 radical (unpaired) electrons. The van der Waals surface area contributed by atoms with Crippen LogP contribution in [0.1, 0.15) is 173 Å². The van der Waals surface area contributed by atoms with Crippen LogP contribution in [0.15, 0.2) is 323 Å². The van der Waals surface area contributed by atoms with E-state index in [9.17, 15) is 52.8 Å². The van der Waals surface area contributed by atoms with Crippen LogP contribution in [0.4, 0.5) is 0 Å². The van der Waals surface area contributed by atoms with Crippen LogP contribution in [0, 0.1) is 6.92 Å². The number of pyridine rings is 2. The van der Waals surface area contributed by atoms with Gasteiger partial charge in [0.15, 0.2) is 44.4 Å². The molecule has 3 aromatic heterocycles. The van der Waals surface area contributed by atoms with Crippen LogP contribution >= 0.6 is 0 Å². The number of hydrogen-bond donors (Lipinski definition) is 0. The molecule has 0 aliphatic carbocycles. The molecule has 7 heterocycles. The fraction of sp³-hybridized carbons (Fsp3) is 0.324. The van der Waals surface area contributed by atoms with Crippen LogP contribution in [0.5, 0.6) is 0 Å². The summed E-state index contributed by atoms with van der Waals surface area (Å²) in [4.78, 5) is 69.5. The Morgan fingerprint density at radius 1 is 0.295 bits per heavy atom. The number of likely N-dealkylation sites (tertiary alicyclic amines) is 4. The number of nitrogens with zero attached hydrogens (tertiary/aromatic N) is 8. The molecule has 20 nitrogen and oxygen atoms in total. The smallest absolute Gasteiger partial charge is 0.222 e. The third-order valence-electron chi connectivity index (χ3n) is 25.5. The Labute approximate surface area is 761 Å². The lowest BCUT2D eigenvalue weighted by Crippen LogP contribution is -2.29. The number of carbonyl (C=O) groups excluding carboxylic acids is 4. The maximum absolute atomic E-state index is 13.1. The van der Waals surface area contributed by atoms with Gasteiger partial charge in [0.05, 0.1) is 43.4 Å². The first-order valence-corrected chi connectivity index (χ1v) is 51.3. The zero-order chi connectivity index (χ0) is 91.2. The maximum Gasteiger partial charge on any atom is 0.222 e. The topological polar surface area (TPSA) is 261 Å². The molecule has 129 heavy (non-hydrogen) atoms. The molecular weight excluding hydrogens is 1690 g/mol. The molecule has 16 rings (SSSR count). The molecule has 4 aliphatic rings. The Kier molecular flexibility index (Phi) is 32.3. The average molecular weight is 1810 g/mol. The lowest BCUT2D eigenvalue weighted by atomic mass is 9.84. The molecule has 0 N–H and O–H groups in total. The van der Waals surface area contributed by atoms with Crippen molar-refractivity contribution in [3.8, 4) is 0 Å². The van der Waals surface area contributed by atoms with Gasteiger partial charge in [-0.3, -0.25) is 28.8 Å². The van der Waals surface area contributed by atoms with Crippen LogP contribution in [0.3, 0.4) is 0 Å². The van der Waals surface area contributed by atoms with Crippen LogP contribution in [0.25, 0.3) is 0 Å². The minimum Gasteiger partial charge on any atom is -0.341 e. The zero-order valence-corrected chi connectivity index (χ0v) is 77.5. The second kappa shape index (κ2) is 44.0. The summed E-state index contributed by atoms with van der Waals surface area (Å²) in [5, 5.41) is 4.62. The number of carbonyl (C=O) groups is 4. The van der Waals surface area contributed by atoms with Crippen molar-refractivity contribution >= 4 is 63.0 Å². The normalized spacial score (nSPS) is 18.6. The summed E-state index contributed by atoms with van der Waals surface area (Å²) in [6.45, 7) is 14.1. The Morgan fingerprint density at radius 2 is 0.558 bits per heavy atom. The van der Waals surface area contributed by atoms with E-state index in [1.54, 1.807) is 76.4 Å². The van der Waals surface area contributed by atoms with Crippen molar-refractivity contribution < 1.29 is 52.8 Å². The molecule has 24 heteroatoms. The minimum atomic E-state index is -3.31. The molecule has 0 bridgehead atoms. The molecule has 0 spiro atoms. The van der Waals surface area contributed by atoms with E-state index >= 15 is 0 Å². The highest BCUT2D eigenvalue weighted by Crippen LogP contribution is 2.45. The fourth-order valence-corrected chi connectivity index (χ4v) is 21.4. The van der Waals surface area contributed by atoms with E-state index in [4.69, 9.17) is 0 Å². The predicted molar refractivity (Wildman–Crippen MR) is 507 cm³/mol. The summed E-state index contributed by atoms with van der Waals surface area (Å²) in [7, 11) is -11.0. The predicted octanol–water partition coefficient (Wildman–Crippen LogP) is 17.1. The van der Waals surface area contributed by atoms with Crippen LogP contribution in [0.2, 0.25) is 0 Å². The van der Waals surface area contributed by atoms with Gasteiger partial charge in [-0.1, -0.05) is 270 Å². The van der Waals surface area contributed by atoms with Gasteiger partial charge in [-0.15, -0.1) is 0 Å². The number of sulfone groups is 4. The number of aromatic nitrogens is 4. The van der Waals surface area contributed by atoms with Gasteiger partial charge in [0.2, 0.25) is 23.6 Å². The van der Waals surface area contributed by atoms with Gasteiger partial charge < -0.3 is 19.6 Å². The first-order chi connectivity index (χ1) is 62.2. The third kappa shape index (κ3) is 24.6. The van der Waals surface area contributed by atoms with E-state index in [0.717, 1.165) is 46.9 Å². The summed E-state index contributed by atoms with van der Waals surface area (Å²) in [5.74, 6) is 2.79. The molecule has 672 valence electrons. The SMILES string of the molecule is CCS(=O)(=O)c1ccc(CCC(=O)N2CC(c3ccccc3)C(c3cc(C)nn3C)C2)cc1.CCS(=O)(=O)c1ccc(CCC(=O)N2CC(c3ccccc3)C(c3ccccc3)C2)cc1.CCS(=O)(=O)c1ccc(CCC(=O)N2CC(c3ccccc3)C(c3ccccc3)C2)cn1.CCS(=O)(=O)c1ccc(CCC(=O)N2CC(c3ccccc3)C(c3ccccc3)C2)nc1. The van der Waals surface area contributed by atoms with Gasteiger partial charge >= 0.3 is 0 Å². The van der Waals surface area contributed by atoms with Crippen LogP contribution in [-0.4, -0.2) is 172 Å². The Morgan fingerprint density at radius 3 is 0.822 bits per heavy atom. The lowest BCUT2D eigenvalue weighted by molar-refractivity contribution is -0.131. The maximum atomic E-state index is 13.1. The first kappa shape index (κ1) is 94.8. The summed E-state index contributed by atoms with van der Waals surface area (Å²) in [6, 6.07) is 95.5. The summed E-state index contributed by atoms with van der Waals surface area (Å²) < 4.78 is 97.7. The average Bonchev–Trinajstić information content (AvgIpc) is 1.63. The van der Waals surface area contributed by atoms with Crippen molar-refractivity contribution in [2.75, 3.05) is 75.4 Å². The number of benzene rings is 9. The molecule has 4 amide bonds. The molecule has 4 fully saturated rings. The summed E-state index contributed by atoms with van der Waals surface area (Å²) in [6.07, 6.45) is 6.75. The van der Waals surface area contributed by atoms with E-state index in [-0.39, 0.29) is 104 Å². The van der Waals surface area contributed by atoms with Crippen molar-refractivity contribution in [2.24, 2.45) is 7.05 Å². The number of amides is 4. The Balaban J connectivity index is 0.000000147. The van der Waals surface area contributed by atoms with E-state index in [1.807, 2.05) is 117 Å². The molecule has 8 unspecified atom stereocenters. The fourth-order valence-electron chi connectivity index (χ4n) is 18.1. The Hall–Kier alpha value is -11.8. The summed E-state index contributed by atoms with van der Waals surface area (Å²) >= 11 is 0. The van der Waals surface area contributed by atoms with Gasteiger partial charge in [0.1, 0.15) is 0 Å². The highest BCUT2D eigenvalue weighted by molar-refractivity contribution is 7.92. The van der Waals surface area contributed by atoms with Crippen LogP contribution < -0.4 is 0 Å². The lowest BCUT2D eigenvalue weighted by Gasteiger charge is -2.18. The molecule has 12 aromatic rings. The second-order valence-electron chi connectivity index (χ2n) is 33.6. The van der Waals surface area contributed by atoms with Crippen molar-refractivity contribution in [3.63, 3.8) is 0 Å². The zero-order valence-electron chi connectivity index (χ0n) is 74.2. The highest BCUT2D eigenvalue weighted by Gasteiger charge is 2.42. The van der Waals surface area contributed by atoms with Crippen molar-refractivity contribution in [2.45, 2.75) is 153 Å². The van der Waals surface area contributed by atoms with E-state index in [2.05, 4.69) is 179 Å². The van der Waals surface area contributed by atoms with Crippen molar-refractivity contribution in [1.82, 2.24) is 39.3 Å². The second-order valence-corrected chi connectivity index (χ2v) is 42.7. The number of aryl methyl sites for hydroxylation is 6. The Bertz CT molecular complexity index is 5580. The first-order valence-electron chi connectivity index (χ1n) is 44.7. The van der Waals surface area contributed by atoms with Gasteiger partial charge in [0.25, 0.3) is 0 Å². The van der Waals surface area contributed by atoms with E-state index < -0.39 is 39.3 Å². The van der Waals surface area contributed by atoms with Crippen molar-refractivity contribution in [3.05, 3.63) is 376 Å². The third-order valence-corrected chi connectivity index (χ3v) is 32.4. The standard InChI is InChI=1S/C27H29NO3S.C26H31N3O3S.2C26H28N2O3S/c1-2-32(30,31)24-16-13-21(14-17-24)15-18-27(29)28-19-25(22-9-5-3-6-10-22)26(20-28)23-11-7-4-8-12-23;1-4-33(31,32)22-13-10-20(11-14-22)12-15-26(30)29-17-23(21-8-6-5-7-9-21)24(18-29)25-16-19(2)27-28(25)3;1-2-32(30,31)25-15-13-20(17-27-25)14-16-26(29)28-18-23(21-9-5-3-6-10-21)24(19-28)22-11-7-4-8-12-22;1-2-32(30,31)23-15-13-22(27-17-23)14-16-26(29)28-18-24(20-9-5-3-6-10-20)25(19-28)21-11-7-4-8-12-21/h3-14,16-17,25-26H,2,15,18-20H2,1H3;5-11,13-14,16,23-24H,4,12,15,17-18H2,1-3H3;3-13,15,17,23-24H,2,14,16,18-19H2,1H3;3-13,15,17,24-25H,2,14,16,18-19H2,1H3. The van der Waals surface area contributed by atoms with E-state index in [0.29, 0.717) is 100 Å². The number of rotatable bonds is 28. The largest absolute Gasteiger partial charge is 0.341 e. The van der Waals surface area contributed by atoms with Gasteiger partial charge in [0, 0.05) is 156 Å². The van der Waals surface area contributed by atoms with Crippen LogP contribution in [-0.2, 0) is 91.3 Å². The molecule has 4 saturated heterocycles. The molecule has 4 aliphatic heterocycles. The van der Waals surface area contributed by atoms with Crippen molar-refractivity contribution in [1.29, 1.82) is 0 Å². The molecular formula is C105H116N8O12S4.